The van der Waals surface area contributed by atoms with Crippen molar-refractivity contribution in [3.8, 4) is 27.9 Å². The van der Waals surface area contributed by atoms with Gasteiger partial charge in [-0.05, 0) is 109 Å². The molecule has 1 aliphatic carbocycles. The van der Waals surface area contributed by atoms with Gasteiger partial charge < -0.3 is 9.47 Å². The van der Waals surface area contributed by atoms with Crippen molar-refractivity contribution in [2.45, 2.75) is 5.41 Å². The summed E-state index contributed by atoms with van der Waals surface area (Å²) in [6.45, 7) is 0. The number of fused-ring (bicyclic) bond motifs is 9. The second-order valence-electron chi connectivity index (χ2n) is 17.2. The van der Waals surface area contributed by atoms with Gasteiger partial charge in [-0.15, -0.1) is 0 Å². The van der Waals surface area contributed by atoms with Crippen molar-refractivity contribution < 1.29 is 0 Å². The normalized spacial score (nSPS) is 12.7. The molecular formula is C63H42N2. The largest absolute Gasteiger partial charge is 0.310 e. The van der Waals surface area contributed by atoms with Crippen molar-refractivity contribution in [1.82, 2.24) is 4.57 Å². The minimum Gasteiger partial charge on any atom is -0.310 e. The molecule has 0 saturated heterocycles. The van der Waals surface area contributed by atoms with Crippen LogP contribution in [0.5, 0.6) is 0 Å². The van der Waals surface area contributed by atoms with Crippen LogP contribution in [0.25, 0.3) is 71.3 Å². The smallest absolute Gasteiger partial charge is 0.0714 e. The summed E-state index contributed by atoms with van der Waals surface area (Å²) in [6, 6.07) is 93.9. The fourth-order valence-electron chi connectivity index (χ4n) is 11.1. The van der Waals surface area contributed by atoms with E-state index in [0.717, 1.165) is 22.7 Å². The molecule has 0 amide bonds. The molecule has 1 aromatic heterocycles. The van der Waals surface area contributed by atoms with E-state index in [9.17, 15) is 0 Å². The Morgan fingerprint density at radius 1 is 0.338 bits per heavy atom. The van der Waals surface area contributed by atoms with E-state index in [1.807, 2.05) is 0 Å². The molecule has 0 saturated carbocycles. The molecule has 2 nitrogen and oxygen atoms in total. The molecule has 0 unspecified atom stereocenters. The maximum absolute atomic E-state index is 2.49. The maximum Gasteiger partial charge on any atom is 0.0714 e. The molecule has 0 aliphatic heterocycles. The number of para-hydroxylation sites is 2. The molecular weight excluding hydrogens is 785 g/mol. The average Bonchev–Trinajstić information content (AvgIpc) is 3.88. The molecule has 1 heterocycles. The predicted molar refractivity (Wildman–Crippen MR) is 273 cm³/mol. The molecule has 1 aliphatic rings. The summed E-state index contributed by atoms with van der Waals surface area (Å²) < 4.78 is 2.42. The lowest BCUT2D eigenvalue weighted by Gasteiger charge is -2.34. The second-order valence-corrected chi connectivity index (χ2v) is 17.2. The van der Waals surface area contributed by atoms with Crippen LogP contribution < -0.4 is 4.90 Å². The van der Waals surface area contributed by atoms with Crippen molar-refractivity contribution >= 4 is 60.4 Å². The summed E-state index contributed by atoms with van der Waals surface area (Å²) in [5, 5.41) is 7.55. The van der Waals surface area contributed by atoms with E-state index in [4.69, 9.17) is 0 Å². The number of hydrogen-bond donors (Lipinski definition) is 0. The summed E-state index contributed by atoms with van der Waals surface area (Å²) in [6.07, 6.45) is 0. The minimum absolute atomic E-state index is 0.524. The number of benzene rings is 11. The highest BCUT2D eigenvalue weighted by molar-refractivity contribution is 6.12. The van der Waals surface area contributed by atoms with Gasteiger partial charge in [0.15, 0.2) is 0 Å². The fourth-order valence-corrected chi connectivity index (χ4v) is 11.1. The first-order valence-corrected chi connectivity index (χ1v) is 22.5. The Bertz CT molecular complexity index is 3680. The Labute approximate surface area is 378 Å². The van der Waals surface area contributed by atoms with Gasteiger partial charge in [0.2, 0.25) is 0 Å². The zero-order valence-electron chi connectivity index (χ0n) is 35.6. The van der Waals surface area contributed by atoms with Crippen LogP contribution in [0.3, 0.4) is 0 Å². The van der Waals surface area contributed by atoms with E-state index < -0.39 is 5.41 Å². The van der Waals surface area contributed by atoms with Crippen LogP contribution in [-0.2, 0) is 5.41 Å². The summed E-state index contributed by atoms with van der Waals surface area (Å²) in [5.74, 6) is 0. The van der Waals surface area contributed by atoms with Gasteiger partial charge in [0.25, 0.3) is 0 Å². The van der Waals surface area contributed by atoms with E-state index in [1.165, 1.54) is 87.9 Å². The quantitative estimate of drug-likeness (QED) is 0.145. The van der Waals surface area contributed by atoms with Gasteiger partial charge in [-0.3, -0.25) is 0 Å². The predicted octanol–water partition coefficient (Wildman–Crippen LogP) is 16.6. The highest BCUT2D eigenvalue weighted by Gasteiger charge is 2.47. The zero-order chi connectivity index (χ0) is 42.9. The molecule has 12 aromatic rings. The molecule has 0 bridgehead atoms. The van der Waals surface area contributed by atoms with Gasteiger partial charge in [0.1, 0.15) is 0 Å². The van der Waals surface area contributed by atoms with Crippen LogP contribution in [0, 0.1) is 0 Å². The molecule has 65 heavy (non-hydrogen) atoms. The first kappa shape index (κ1) is 37.1. The molecule has 2 heteroatoms. The number of aromatic nitrogens is 1. The number of anilines is 3. The molecule has 0 N–H and O–H groups in total. The third-order valence-corrected chi connectivity index (χ3v) is 13.9. The Morgan fingerprint density at radius 3 is 1.65 bits per heavy atom. The summed E-state index contributed by atoms with van der Waals surface area (Å²) >= 11 is 0. The number of rotatable bonds is 7. The van der Waals surface area contributed by atoms with Crippen molar-refractivity contribution in [3.63, 3.8) is 0 Å². The van der Waals surface area contributed by atoms with Crippen LogP contribution in [0.2, 0.25) is 0 Å². The van der Waals surface area contributed by atoms with Gasteiger partial charge in [0.05, 0.1) is 22.1 Å². The Balaban J connectivity index is 1.06. The second kappa shape index (κ2) is 14.8. The van der Waals surface area contributed by atoms with Crippen molar-refractivity contribution in [2.75, 3.05) is 4.90 Å². The zero-order valence-corrected chi connectivity index (χ0v) is 35.6. The highest BCUT2D eigenvalue weighted by Crippen LogP contribution is 2.59. The minimum atomic E-state index is -0.524. The lowest BCUT2D eigenvalue weighted by Crippen LogP contribution is -2.28. The summed E-state index contributed by atoms with van der Waals surface area (Å²) in [4.78, 5) is 2.49. The number of hydrogen-bond acceptors (Lipinski definition) is 1. The van der Waals surface area contributed by atoms with Crippen LogP contribution >= 0.6 is 0 Å². The third-order valence-electron chi connectivity index (χ3n) is 13.9. The lowest BCUT2D eigenvalue weighted by molar-refractivity contribution is 0.768. The molecule has 0 fully saturated rings. The molecule has 13 rings (SSSR count). The highest BCUT2D eigenvalue weighted by atomic mass is 15.1. The molecule has 0 atom stereocenters. The van der Waals surface area contributed by atoms with E-state index in [2.05, 4.69) is 264 Å². The topological polar surface area (TPSA) is 8.17 Å². The Hall–Kier alpha value is -8.46. The first-order chi connectivity index (χ1) is 32.3. The van der Waals surface area contributed by atoms with Gasteiger partial charge in [-0.1, -0.05) is 206 Å². The van der Waals surface area contributed by atoms with Gasteiger partial charge >= 0.3 is 0 Å². The van der Waals surface area contributed by atoms with Gasteiger partial charge in [0, 0.05) is 33.4 Å². The standard InChI is InChI=1S/C63H42N2/c1-3-19-45(20-4-1)63(46-21-5-2-6-22-46)57-31-12-9-28-56(57)62-58(63)32-17-35-61(62)64(48-23-15-24-49(42-48)65-59-33-13-10-26-54(59)55-27-11-14-34-60(55)65)47-39-36-44(37-40-47)51-29-16-30-52-50-25-8-7-18-43(50)38-41-53(51)52/h1-42H. The third kappa shape index (κ3) is 5.60. The van der Waals surface area contributed by atoms with E-state index in [-0.39, 0.29) is 0 Å². The van der Waals surface area contributed by atoms with E-state index in [0.29, 0.717) is 0 Å². The Morgan fingerprint density at radius 2 is 0.908 bits per heavy atom. The van der Waals surface area contributed by atoms with E-state index in [1.54, 1.807) is 0 Å². The molecule has 0 radical (unpaired) electrons. The lowest BCUT2D eigenvalue weighted by atomic mass is 9.68. The summed E-state index contributed by atoms with van der Waals surface area (Å²) in [5.41, 5.74) is 16.2. The average molecular weight is 827 g/mol. The van der Waals surface area contributed by atoms with Crippen molar-refractivity contribution in [3.05, 3.63) is 277 Å². The maximum atomic E-state index is 2.49. The Kier molecular flexibility index (Phi) is 8.47. The van der Waals surface area contributed by atoms with Crippen LogP contribution in [-0.4, -0.2) is 4.57 Å². The fraction of sp³-hybridized carbons (Fsp3) is 0.0159. The molecule has 304 valence electrons. The molecule has 11 aromatic carbocycles. The van der Waals surface area contributed by atoms with Crippen molar-refractivity contribution in [2.24, 2.45) is 0 Å². The van der Waals surface area contributed by atoms with Crippen LogP contribution in [0.15, 0.2) is 255 Å². The number of nitrogens with zero attached hydrogens (tertiary/aromatic N) is 2. The van der Waals surface area contributed by atoms with Gasteiger partial charge in [-0.2, -0.15) is 0 Å². The van der Waals surface area contributed by atoms with Crippen LogP contribution in [0.4, 0.5) is 17.1 Å². The SMILES string of the molecule is c1ccc(C2(c3ccccc3)c3ccccc3-c3c(N(c4ccc(-c5cccc6c5ccc5ccccc56)cc4)c4cccc(-n5c6ccccc6c6ccccc65)c4)cccc32)cc1. The van der Waals surface area contributed by atoms with E-state index >= 15 is 0 Å². The molecule has 0 spiro atoms. The van der Waals surface area contributed by atoms with Crippen molar-refractivity contribution in [1.29, 1.82) is 0 Å². The monoisotopic (exact) mass is 826 g/mol. The summed E-state index contributed by atoms with van der Waals surface area (Å²) in [7, 11) is 0. The first-order valence-electron chi connectivity index (χ1n) is 22.5. The van der Waals surface area contributed by atoms with Gasteiger partial charge in [-0.25, -0.2) is 0 Å². The van der Waals surface area contributed by atoms with Crippen LogP contribution in [0.1, 0.15) is 22.3 Å².